The summed E-state index contributed by atoms with van der Waals surface area (Å²) in [5.74, 6) is 0. The van der Waals surface area contributed by atoms with Gasteiger partial charge in [0.25, 0.3) is 0 Å². The lowest BCUT2D eigenvalue weighted by molar-refractivity contribution is 0.200. The van der Waals surface area contributed by atoms with Crippen molar-refractivity contribution in [2.75, 3.05) is 22.9 Å². The second-order valence-electron chi connectivity index (χ2n) is 17.2. The highest BCUT2D eigenvalue weighted by molar-refractivity contribution is 5.88. The van der Waals surface area contributed by atoms with Crippen LogP contribution in [-0.4, -0.2) is 35.5 Å². The zero-order valence-electron chi connectivity index (χ0n) is 38.1. The van der Waals surface area contributed by atoms with Crippen LogP contribution < -0.4 is 9.80 Å². The van der Waals surface area contributed by atoms with Crippen molar-refractivity contribution in [2.45, 2.75) is 233 Å². The van der Waals surface area contributed by atoms with Gasteiger partial charge in [-0.15, -0.1) is 0 Å². The molecule has 0 radical (unpaired) electrons. The molecule has 6 heteroatoms. The second-order valence-corrected chi connectivity index (χ2v) is 17.2. The average Bonchev–Trinajstić information content (AvgIpc) is 3.21. The molecule has 2 aromatic carbocycles. The summed E-state index contributed by atoms with van der Waals surface area (Å²) in [4.78, 5) is 28.8. The van der Waals surface area contributed by atoms with E-state index >= 15 is 0 Å². The van der Waals surface area contributed by atoms with E-state index in [2.05, 4.69) is 52.0 Å². The molecule has 58 heavy (non-hydrogen) atoms. The highest BCUT2D eigenvalue weighted by Crippen LogP contribution is 2.31. The molecule has 2 amide bonds. The van der Waals surface area contributed by atoms with E-state index < -0.39 is 12.2 Å². The highest BCUT2D eigenvalue weighted by atomic mass is 16.4. The van der Waals surface area contributed by atoms with Crippen molar-refractivity contribution in [2.24, 2.45) is 0 Å². The van der Waals surface area contributed by atoms with Crippen molar-refractivity contribution in [1.29, 1.82) is 0 Å². The number of hydrogen-bond donors (Lipinski definition) is 2. The standard InChI is InChI=1S/C52H88N2O4/c1-5-9-13-17-21-27-35-45-37-33-41-49(47(45)39-29-23-19-15-11-7-3)53(51(55)56)43-31-25-26-32-44-54(52(57)58)50-42-34-38-46(36-28-22-18-14-10-6-2)48(50)40-30-24-20-16-12-8-4/h33-34,37-38,41-42H,5-32,35-36,39-40,43-44H2,1-4H3,(H,55,56)(H,57,58). The lowest BCUT2D eigenvalue weighted by atomic mass is 9.94. The fourth-order valence-electron chi connectivity index (χ4n) is 8.68. The third kappa shape index (κ3) is 21.3. The van der Waals surface area contributed by atoms with Crippen molar-refractivity contribution in [3.8, 4) is 0 Å². The van der Waals surface area contributed by atoms with Gasteiger partial charge >= 0.3 is 12.2 Å². The maximum atomic E-state index is 12.8. The predicted octanol–water partition coefficient (Wildman–Crippen LogP) is 16.5. The third-order valence-corrected chi connectivity index (χ3v) is 12.2. The number of anilines is 2. The Labute approximate surface area is 357 Å². The first-order valence-electron chi connectivity index (χ1n) is 24.6. The van der Waals surface area contributed by atoms with Gasteiger partial charge < -0.3 is 10.2 Å². The lowest BCUT2D eigenvalue weighted by Gasteiger charge is -2.25. The first-order chi connectivity index (χ1) is 28.4. The summed E-state index contributed by atoms with van der Waals surface area (Å²) < 4.78 is 0. The summed E-state index contributed by atoms with van der Waals surface area (Å²) in [7, 11) is 0. The minimum Gasteiger partial charge on any atom is -0.465 e. The molecular weight excluding hydrogens is 717 g/mol. The van der Waals surface area contributed by atoms with Gasteiger partial charge in [-0.05, 0) is 98.6 Å². The van der Waals surface area contributed by atoms with Crippen LogP contribution >= 0.6 is 0 Å². The second kappa shape index (κ2) is 33.8. The Kier molecular flexibility index (Phi) is 29.8. The van der Waals surface area contributed by atoms with Gasteiger partial charge in [-0.3, -0.25) is 9.80 Å². The van der Waals surface area contributed by atoms with E-state index in [-0.39, 0.29) is 0 Å². The molecule has 0 aliphatic rings. The minimum absolute atomic E-state index is 0.463. The van der Waals surface area contributed by atoms with E-state index in [1.54, 1.807) is 9.80 Å². The largest absolute Gasteiger partial charge is 0.465 e. The Hall–Kier alpha value is -3.02. The molecule has 0 heterocycles. The van der Waals surface area contributed by atoms with Gasteiger partial charge in [0.1, 0.15) is 0 Å². The van der Waals surface area contributed by atoms with Gasteiger partial charge in [0.15, 0.2) is 0 Å². The summed E-state index contributed by atoms with van der Waals surface area (Å²) in [5.41, 5.74) is 6.88. The molecule has 0 aromatic heterocycles. The van der Waals surface area contributed by atoms with Crippen LogP contribution in [0.2, 0.25) is 0 Å². The normalized spacial score (nSPS) is 11.3. The predicted molar refractivity (Wildman–Crippen MR) is 250 cm³/mol. The molecule has 0 atom stereocenters. The molecule has 0 unspecified atom stereocenters. The number of unbranched alkanes of at least 4 members (excludes halogenated alkanes) is 23. The number of hydrogen-bond acceptors (Lipinski definition) is 2. The maximum absolute atomic E-state index is 12.8. The number of amides is 2. The molecule has 2 rings (SSSR count). The van der Waals surface area contributed by atoms with Crippen LogP contribution in [0.4, 0.5) is 21.0 Å². The van der Waals surface area contributed by atoms with Crippen molar-refractivity contribution in [3.05, 3.63) is 58.7 Å². The van der Waals surface area contributed by atoms with E-state index in [1.165, 1.54) is 151 Å². The summed E-state index contributed by atoms with van der Waals surface area (Å²) in [6.45, 7) is 9.94. The molecule has 0 aliphatic carbocycles. The summed E-state index contributed by atoms with van der Waals surface area (Å²) >= 11 is 0. The maximum Gasteiger partial charge on any atom is 0.411 e. The van der Waals surface area contributed by atoms with Crippen LogP contribution in [-0.2, 0) is 25.7 Å². The summed E-state index contributed by atoms with van der Waals surface area (Å²) in [6, 6.07) is 12.6. The van der Waals surface area contributed by atoms with Gasteiger partial charge in [0.2, 0.25) is 0 Å². The molecule has 0 spiro atoms. The fraction of sp³-hybridized carbons (Fsp3) is 0.731. The van der Waals surface area contributed by atoms with Crippen molar-refractivity contribution < 1.29 is 19.8 Å². The van der Waals surface area contributed by atoms with E-state index in [0.29, 0.717) is 13.1 Å². The quantitative estimate of drug-likeness (QED) is 0.0667. The SMILES string of the molecule is CCCCCCCCc1cccc(N(CCCCCCN(C(=O)O)c2cccc(CCCCCCCC)c2CCCCCCCC)C(=O)O)c1CCCCCCCC. The van der Waals surface area contributed by atoms with Gasteiger partial charge in [0.05, 0.1) is 11.4 Å². The Bertz CT molecular complexity index is 1240. The van der Waals surface area contributed by atoms with E-state index in [1.807, 2.05) is 12.1 Å². The van der Waals surface area contributed by atoms with E-state index in [9.17, 15) is 19.8 Å². The van der Waals surface area contributed by atoms with Gasteiger partial charge in [0, 0.05) is 13.1 Å². The molecule has 0 fully saturated rings. The molecule has 330 valence electrons. The molecule has 0 saturated carbocycles. The first-order valence-corrected chi connectivity index (χ1v) is 24.6. The zero-order valence-corrected chi connectivity index (χ0v) is 38.1. The molecule has 0 aliphatic heterocycles. The molecule has 0 saturated heterocycles. The topological polar surface area (TPSA) is 81.1 Å². The van der Waals surface area contributed by atoms with Crippen molar-refractivity contribution >= 4 is 23.6 Å². The Morgan fingerprint density at radius 1 is 0.379 bits per heavy atom. The van der Waals surface area contributed by atoms with Crippen LogP contribution in [0, 0.1) is 0 Å². The van der Waals surface area contributed by atoms with Crippen LogP contribution in [0.15, 0.2) is 36.4 Å². The number of benzene rings is 2. The van der Waals surface area contributed by atoms with Crippen LogP contribution in [0.3, 0.4) is 0 Å². The Balaban J connectivity index is 2.09. The van der Waals surface area contributed by atoms with E-state index in [4.69, 9.17) is 0 Å². The van der Waals surface area contributed by atoms with Crippen molar-refractivity contribution in [1.82, 2.24) is 0 Å². The van der Waals surface area contributed by atoms with E-state index in [0.717, 1.165) is 88.4 Å². The lowest BCUT2D eigenvalue weighted by Crippen LogP contribution is -2.32. The highest BCUT2D eigenvalue weighted by Gasteiger charge is 2.21. The Morgan fingerprint density at radius 3 is 0.966 bits per heavy atom. The van der Waals surface area contributed by atoms with Gasteiger partial charge in [-0.25, -0.2) is 9.59 Å². The zero-order chi connectivity index (χ0) is 42.1. The monoisotopic (exact) mass is 805 g/mol. The first kappa shape index (κ1) is 51.1. The summed E-state index contributed by atoms with van der Waals surface area (Å²) in [5, 5.41) is 21.0. The molecule has 2 aromatic rings. The number of rotatable bonds is 37. The van der Waals surface area contributed by atoms with Gasteiger partial charge in [-0.2, -0.15) is 0 Å². The third-order valence-electron chi connectivity index (χ3n) is 12.2. The summed E-state index contributed by atoms with van der Waals surface area (Å²) in [6.07, 6.45) is 35.1. The Morgan fingerprint density at radius 2 is 0.655 bits per heavy atom. The smallest absolute Gasteiger partial charge is 0.411 e. The number of aryl methyl sites for hydroxylation is 2. The molecule has 6 nitrogen and oxygen atoms in total. The van der Waals surface area contributed by atoms with Crippen LogP contribution in [0.25, 0.3) is 0 Å². The molecular formula is C52H88N2O4. The van der Waals surface area contributed by atoms with Crippen LogP contribution in [0.5, 0.6) is 0 Å². The van der Waals surface area contributed by atoms with Crippen molar-refractivity contribution in [3.63, 3.8) is 0 Å². The molecule has 2 N–H and O–H groups in total. The molecule has 0 bridgehead atoms. The minimum atomic E-state index is -0.878. The average molecular weight is 805 g/mol. The van der Waals surface area contributed by atoms with Gasteiger partial charge in [-0.1, -0.05) is 193 Å². The fourth-order valence-corrected chi connectivity index (χ4v) is 8.68. The number of nitrogens with zero attached hydrogens (tertiary/aromatic N) is 2. The van der Waals surface area contributed by atoms with Crippen LogP contribution in [0.1, 0.15) is 230 Å². The number of carboxylic acid groups (broad SMARTS) is 2. The number of carbonyl (C=O) groups is 2.